The van der Waals surface area contributed by atoms with Crippen molar-refractivity contribution in [3.63, 3.8) is 0 Å². The van der Waals surface area contributed by atoms with Crippen LogP contribution in [0.2, 0.25) is 5.02 Å². The number of benzene rings is 1. The third-order valence-corrected chi connectivity index (χ3v) is 4.25. The highest BCUT2D eigenvalue weighted by Gasteiger charge is 2.19. The summed E-state index contributed by atoms with van der Waals surface area (Å²) < 4.78 is 0. The first-order chi connectivity index (χ1) is 8.72. The summed E-state index contributed by atoms with van der Waals surface area (Å²) in [6, 6.07) is 6.71. The molecule has 0 aliphatic heterocycles. The van der Waals surface area contributed by atoms with E-state index >= 15 is 0 Å². The van der Waals surface area contributed by atoms with Crippen LogP contribution in [-0.4, -0.2) is 13.1 Å². The van der Waals surface area contributed by atoms with Gasteiger partial charge < -0.3 is 10.6 Å². The molecule has 0 aromatic heterocycles. The first-order valence-corrected chi connectivity index (χ1v) is 7.31. The van der Waals surface area contributed by atoms with E-state index in [0.717, 1.165) is 10.6 Å². The predicted molar refractivity (Wildman–Crippen MR) is 79.2 cm³/mol. The van der Waals surface area contributed by atoms with Gasteiger partial charge in [0.1, 0.15) is 0 Å². The number of hydrogen-bond acceptors (Lipinski definition) is 2. The lowest BCUT2D eigenvalue weighted by atomic mass is 10.0. The van der Waals surface area contributed by atoms with Crippen molar-refractivity contribution in [2.24, 2.45) is 5.73 Å². The first kappa shape index (κ1) is 13.7. The summed E-state index contributed by atoms with van der Waals surface area (Å²) in [5, 5.41) is 0.772. The fourth-order valence-corrected chi connectivity index (χ4v) is 3.10. The zero-order chi connectivity index (χ0) is 13.0. The van der Waals surface area contributed by atoms with E-state index in [9.17, 15) is 0 Å². The second-order valence-corrected chi connectivity index (χ2v) is 5.67. The molecule has 1 aliphatic rings. The number of hydrogen-bond donors (Lipinski definition) is 1. The minimum absolute atomic E-state index is 0.549. The molecule has 1 aliphatic carbocycles. The molecule has 1 aromatic carbocycles. The Morgan fingerprint density at radius 3 is 2.50 bits per heavy atom. The molecule has 0 unspecified atom stereocenters. The van der Waals surface area contributed by atoms with Gasteiger partial charge in [0.15, 0.2) is 0 Å². The largest absolute Gasteiger partial charge is 0.371 e. The van der Waals surface area contributed by atoms with Crippen LogP contribution < -0.4 is 10.6 Å². The second kappa shape index (κ2) is 6.44. The van der Waals surface area contributed by atoms with E-state index in [1.54, 1.807) is 0 Å². The highest BCUT2D eigenvalue weighted by Crippen LogP contribution is 2.29. The molecule has 100 valence electrons. The van der Waals surface area contributed by atoms with Gasteiger partial charge in [-0.25, -0.2) is 0 Å². The number of anilines is 1. The Hall–Kier alpha value is -0.730. The average molecular weight is 267 g/mol. The van der Waals surface area contributed by atoms with E-state index in [1.807, 2.05) is 12.1 Å². The van der Waals surface area contributed by atoms with Gasteiger partial charge in [0.05, 0.1) is 0 Å². The van der Waals surface area contributed by atoms with Crippen molar-refractivity contribution in [2.45, 2.75) is 51.1 Å². The minimum Gasteiger partial charge on any atom is -0.371 e. The van der Waals surface area contributed by atoms with Gasteiger partial charge in [0.2, 0.25) is 0 Å². The van der Waals surface area contributed by atoms with E-state index in [-0.39, 0.29) is 0 Å². The SMILES string of the molecule is CN(c1ccc(Cl)cc1CN)C1CCCCCC1. The Bertz CT molecular complexity index is 384. The maximum Gasteiger partial charge on any atom is 0.0412 e. The first-order valence-electron chi connectivity index (χ1n) is 6.93. The van der Waals surface area contributed by atoms with Gasteiger partial charge in [-0.1, -0.05) is 37.3 Å². The molecule has 0 radical (unpaired) electrons. The summed E-state index contributed by atoms with van der Waals surface area (Å²) in [6.07, 6.45) is 8.05. The van der Waals surface area contributed by atoms with E-state index in [1.165, 1.54) is 44.2 Å². The van der Waals surface area contributed by atoms with Gasteiger partial charge in [-0.15, -0.1) is 0 Å². The number of nitrogens with two attached hydrogens (primary N) is 1. The van der Waals surface area contributed by atoms with Crippen molar-refractivity contribution in [1.29, 1.82) is 0 Å². The average Bonchev–Trinajstić information content (AvgIpc) is 2.66. The van der Waals surface area contributed by atoms with Crippen molar-refractivity contribution < 1.29 is 0 Å². The molecule has 18 heavy (non-hydrogen) atoms. The van der Waals surface area contributed by atoms with Crippen molar-refractivity contribution in [2.75, 3.05) is 11.9 Å². The molecule has 0 heterocycles. The maximum atomic E-state index is 6.04. The van der Waals surface area contributed by atoms with Crippen LogP contribution in [0.5, 0.6) is 0 Å². The normalized spacial score (nSPS) is 17.5. The Morgan fingerprint density at radius 2 is 1.89 bits per heavy atom. The van der Waals surface area contributed by atoms with E-state index in [0.29, 0.717) is 12.6 Å². The summed E-state index contributed by atoms with van der Waals surface area (Å²) in [5.74, 6) is 0. The molecule has 0 atom stereocenters. The summed E-state index contributed by atoms with van der Waals surface area (Å²) in [4.78, 5) is 2.41. The second-order valence-electron chi connectivity index (χ2n) is 5.23. The molecule has 3 heteroatoms. The van der Waals surface area contributed by atoms with Crippen molar-refractivity contribution in [3.05, 3.63) is 28.8 Å². The highest BCUT2D eigenvalue weighted by atomic mass is 35.5. The zero-order valence-corrected chi connectivity index (χ0v) is 11.9. The Labute approximate surface area is 115 Å². The summed E-state index contributed by atoms with van der Waals surface area (Å²) >= 11 is 6.04. The van der Waals surface area contributed by atoms with Crippen LogP contribution in [0.3, 0.4) is 0 Å². The third-order valence-electron chi connectivity index (χ3n) is 4.01. The van der Waals surface area contributed by atoms with Crippen LogP contribution in [0.4, 0.5) is 5.69 Å². The quantitative estimate of drug-likeness (QED) is 0.839. The lowest BCUT2D eigenvalue weighted by molar-refractivity contribution is 0.552. The van der Waals surface area contributed by atoms with Crippen LogP contribution in [0.1, 0.15) is 44.1 Å². The standard InChI is InChI=1S/C15H23ClN2/c1-18(14-6-4-2-3-5-7-14)15-9-8-13(16)10-12(15)11-17/h8-10,14H,2-7,11,17H2,1H3. The van der Waals surface area contributed by atoms with Gasteiger partial charge in [-0.2, -0.15) is 0 Å². The topological polar surface area (TPSA) is 29.3 Å². The molecular weight excluding hydrogens is 244 g/mol. The van der Waals surface area contributed by atoms with Gasteiger partial charge >= 0.3 is 0 Å². The molecule has 2 rings (SSSR count). The van der Waals surface area contributed by atoms with Gasteiger partial charge in [-0.3, -0.25) is 0 Å². The molecule has 0 amide bonds. The van der Waals surface area contributed by atoms with Crippen molar-refractivity contribution in [3.8, 4) is 0 Å². The molecule has 2 N–H and O–H groups in total. The molecule has 0 saturated heterocycles. The molecule has 0 spiro atoms. The molecule has 1 fully saturated rings. The molecular formula is C15H23ClN2. The Balaban J connectivity index is 2.18. The van der Waals surface area contributed by atoms with E-state index in [2.05, 4.69) is 18.0 Å². The van der Waals surface area contributed by atoms with Gasteiger partial charge in [-0.05, 0) is 36.6 Å². The lowest BCUT2D eigenvalue weighted by Crippen LogP contribution is -2.32. The number of rotatable bonds is 3. The fraction of sp³-hybridized carbons (Fsp3) is 0.600. The summed E-state index contributed by atoms with van der Waals surface area (Å²) in [6.45, 7) is 0.549. The zero-order valence-electron chi connectivity index (χ0n) is 11.2. The lowest BCUT2D eigenvalue weighted by Gasteiger charge is -2.31. The van der Waals surface area contributed by atoms with Crippen LogP contribution in [0, 0.1) is 0 Å². The van der Waals surface area contributed by atoms with Crippen molar-refractivity contribution in [1.82, 2.24) is 0 Å². The van der Waals surface area contributed by atoms with E-state index in [4.69, 9.17) is 17.3 Å². The Kier molecular flexibility index (Phi) is 4.90. The fourth-order valence-electron chi connectivity index (χ4n) is 2.90. The smallest absolute Gasteiger partial charge is 0.0412 e. The van der Waals surface area contributed by atoms with E-state index < -0.39 is 0 Å². The minimum atomic E-state index is 0.549. The van der Waals surface area contributed by atoms with Crippen LogP contribution >= 0.6 is 11.6 Å². The molecule has 0 bridgehead atoms. The summed E-state index contributed by atoms with van der Waals surface area (Å²) in [7, 11) is 2.19. The van der Waals surface area contributed by atoms with Gasteiger partial charge in [0, 0.05) is 30.3 Å². The number of halogens is 1. The van der Waals surface area contributed by atoms with Crippen LogP contribution in [0.25, 0.3) is 0 Å². The monoisotopic (exact) mass is 266 g/mol. The van der Waals surface area contributed by atoms with Gasteiger partial charge in [0.25, 0.3) is 0 Å². The Morgan fingerprint density at radius 1 is 1.22 bits per heavy atom. The van der Waals surface area contributed by atoms with Crippen LogP contribution in [-0.2, 0) is 6.54 Å². The third kappa shape index (κ3) is 3.18. The predicted octanol–water partition coefficient (Wildman–Crippen LogP) is 3.96. The van der Waals surface area contributed by atoms with Crippen LogP contribution in [0.15, 0.2) is 18.2 Å². The number of nitrogens with zero attached hydrogens (tertiary/aromatic N) is 1. The maximum absolute atomic E-state index is 6.04. The van der Waals surface area contributed by atoms with Crippen molar-refractivity contribution >= 4 is 17.3 Å². The molecule has 1 aromatic rings. The molecule has 2 nitrogen and oxygen atoms in total. The molecule has 1 saturated carbocycles. The highest BCUT2D eigenvalue weighted by molar-refractivity contribution is 6.30. The summed E-state index contributed by atoms with van der Waals surface area (Å²) in [5.41, 5.74) is 8.22.